The van der Waals surface area contributed by atoms with E-state index in [0.29, 0.717) is 17.7 Å². The fourth-order valence-corrected chi connectivity index (χ4v) is 4.67. The Morgan fingerprint density at radius 1 is 1.28 bits per heavy atom. The summed E-state index contributed by atoms with van der Waals surface area (Å²) < 4.78 is 1.43. The second-order valence-corrected chi connectivity index (χ2v) is 8.13. The van der Waals surface area contributed by atoms with Crippen LogP contribution in [0, 0.1) is 17.3 Å². The maximum atomic E-state index is 12.4. The molecule has 134 valence electrons. The molecule has 3 unspecified atom stereocenters. The highest BCUT2D eigenvalue weighted by Gasteiger charge is 2.74. The van der Waals surface area contributed by atoms with Gasteiger partial charge >= 0.3 is 0 Å². The third-order valence-electron chi connectivity index (χ3n) is 6.32. The van der Waals surface area contributed by atoms with Crippen LogP contribution in [0.5, 0.6) is 0 Å². The van der Waals surface area contributed by atoms with Gasteiger partial charge in [-0.1, -0.05) is 45.4 Å². The molecule has 2 saturated carbocycles. The molecule has 2 fully saturated rings. The summed E-state index contributed by atoms with van der Waals surface area (Å²) >= 11 is 0. The van der Waals surface area contributed by atoms with Crippen LogP contribution in [0.3, 0.4) is 0 Å². The van der Waals surface area contributed by atoms with Crippen LogP contribution in [0.1, 0.15) is 40.0 Å². The van der Waals surface area contributed by atoms with Gasteiger partial charge in [-0.25, -0.2) is 10.2 Å². The van der Waals surface area contributed by atoms with Crippen LogP contribution in [0.4, 0.5) is 11.5 Å². The molecule has 3 atom stereocenters. The number of fused-ring (bicyclic) bond motifs is 1. The first-order valence-electron chi connectivity index (χ1n) is 8.97. The molecule has 6 nitrogen and oxygen atoms in total. The predicted molar refractivity (Wildman–Crippen MR) is 98.5 cm³/mol. The smallest absolute Gasteiger partial charge is 0.296 e. The van der Waals surface area contributed by atoms with Crippen LogP contribution in [0.2, 0.25) is 0 Å². The lowest BCUT2D eigenvalue weighted by molar-refractivity contribution is 0.00822. The molecule has 0 saturated heterocycles. The van der Waals surface area contributed by atoms with Gasteiger partial charge < -0.3 is 5.73 Å². The zero-order valence-electron chi connectivity index (χ0n) is 15.0. The number of H-pyrrole nitrogens is 1. The van der Waals surface area contributed by atoms with E-state index in [1.807, 2.05) is 30.3 Å². The fraction of sp³-hybridized carbons (Fsp3) is 0.526. The zero-order valence-corrected chi connectivity index (χ0v) is 15.0. The number of nitrogens with two attached hydrogens (primary N) is 1. The first-order chi connectivity index (χ1) is 11.9. The Labute approximate surface area is 147 Å². The maximum absolute atomic E-state index is 12.4. The molecule has 25 heavy (non-hydrogen) atoms. The van der Waals surface area contributed by atoms with Crippen LogP contribution in [0.15, 0.2) is 35.1 Å². The normalized spacial score (nSPS) is 29.9. The first-order valence-corrected chi connectivity index (χ1v) is 8.97. The number of aromatic amines is 1. The largest absolute Gasteiger partial charge is 0.391 e. The molecule has 0 bridgehead atoms. The van der Waals surface area contributed by atoms with E-state index in [0.717, 1.165) is 12.1 Å². The molecule has 2 aliphatic carbocycles. The predicted octanol–water partition coefficient (Wildman–Crippen LogP) is 3.31. The van der Waals surface area contributed by atoms with Crippen molar-refractivity contribution >= 4 is 11.5 Å². The number of anilines is 2. The van der Waals surface area contributed by atoms with Crippen LogP contribution < -0.4 is 16.8 Å². The number of nitrogens with zero attached hydrogens (tertiary/aromatic N) is 1. The van der Waals surface area contributed by atoms with Crippen molar-refractivity contribution in [2.45, 2.75) is 45.6 Å². The molecule has 4 rings (SSSR count). The Balaban J connectivity index is 1.58. The molecule has 6 heteroatoms. The van der Waals surface area contributed by atoms with E-state index >= 15 is 0 Å². The van der Waals surface area contributed by atoms with Crippen molar-refractivity contribution in [1.29, 1.82) is 0 Å². The van der Waals surface area contributed by atoms with Crippen molar-refractivity contribution in [3.8, 4) is 5.69 Å². The summed E-state index contributed by atoms with van der Waals surface area (Å²) in [6.07, 6.45) is 3.47. The van der Waals surface area contributed by atoms with Gasteiger partial charge in [-0.3, -0.25) is 14.7 Å². The summed E-state index contributed by atoms with van der Waals surface area (Å²) in [5.41, 5.74) is 9.53. The van der Waals surface area contributed by atoms with Crippen molar-refractivity contribution < 1.29 is 4.84 Å². The number of hydrogen-bond donors (Lipinski definition) is 3. The quantitative estimate of drug-likeness (QED) is 0.744. The van der Waals surface area contributed by atoms with Crippen molar-refractivity contribution in [1.82, 2.24) is 9.78 Å². The highest BCUT2D eigenvalue weighted by atomic mass is 16.7. The van der Waals surface area contributed by atoms with Crippen molar-refractivity contribution in [2.24, 2.45) is 17.3 Å². The summed E-state index contributed by atoms with van der Waals surface area (Å²) in [6.45, 7) is 6.80. The fourth-order valence-electron chi connectivity index (χ4n) is 4.67. The van der Waals surface area contributed by atoms with E-state index < -0.39 is 0 Å². The molecule has 0 aliphatic heterocycles. The van der Waals surface area contributed by atoms with Crippen LogP contribution in [-0.2, 0) is 4.84 Å². The van der Waals surface area contributed by atoms with E-state index in [9.17, 15) is 4.79 Å². The average molecular weight is 342 g/mol. The number of nitrogen functional groups attached to an aromatic ring is 1. The lowest BCUT2D eigenvalue weighted by Crippen LogP contribution is -2.30. The molecule has 2 aliphatic rings. The zero-order chi connectivity index (χ0) is 17.8. The number of rotatable bonds is 4. The molecule has 0 amide bonds. The number of nitrogens with one attached hydrogen (secondary N) is 2. The van der Waals surface area contributed by atoms with E-state index in [1.165, 1.54) is 17.5 Å². The molecule has 0 radical (unpaired) electrons. The van der Waals surface area contributed by atoms with Crippen molar-refractivity contribution in [3.63, 3.8) is 0 Å². The SMILES string of the molecule is CC1CCC2C(C)(C)C2(ONc2[nH]n(-c3ccccc3)c(=O)c2N)C1. The summed E-state index contributed by atoms with van der Waals surface area (Å²) in [4.78, 5) is 18.6. The van der Waals surface area contributed by atoms with Crippen molar-refractivity contribution in [3.05, 3.63) is 40.7 Å². The Bertz CT molecular complexity index is 839. The second kappa shape index (κ2) is 5.39. The third kappa shape index (κ3) is 2.31. The van der Waals surface area contributed by atoms with E-state index in [2.05, 4.69) is 31.3 Å². The first kappa shape index (κ1) is 16.3. The van der Waals surface area contributed by atoms with Gasteiger partial charge in [0.2, 0.25) is 0 Å². The topological polar surface area (TPSA) is 85.1 Å². The average Bonchev–Trinajstić information content (AvgIpc) is 2.93. The third-order valence-corrected chi connectivity index (χ3v) is 6.32. The van der Waals surface area contributed by atoms with Gasteiger partial charge in [0.15, 0.2) is 5.82 Å². The van der Waals surface area contributed by atoms with Gasteiger partial charge in [-0.05, 0) is 36.8 Å². The summed E-state index contributed by atoms with van der Waals surface area (Å²) in [6, 6.07) is 9.36. The number of benzene rings is 1. The molecular weight excluding hydrogens is 316 g/mol. The van der Waals surface area contributed by atoms with Gasteiger partial charge in [0.25, 0.3) is 5.56 Å². The standard InChI is InChI=1S/C19H26N4O2/c1-12-9-10-14-18(2,3)19(14,11-12)25-22-16-15(20)17(24)23(21-16)13-7-5-4-6-8-13/h4-8,12,14,21-22H,9-11,20H2,1-3H3. The Morgan fingerprint density at radius 2 is 2.00 bits per heavy atom. The minimum absolute atomic E-state index is 0.138. The molecule has 1 aromatic carbocycles. The summed E-state index contributed by atoms with van der Waals surface area (Å²) in [5, 5.41) is 3.02. The Kier molecular flexibility index (Phi) is 3.51. The highest BCUT2D eigenvalue weighted by molar-refractivity contribution is 5.60. The van der Waals surface area contributed by atoms with Crippen LogP contribution >= 0.6 is 0 Å². The Hall–Kier alpha value is -2.21. The van der Waals surface area contributed by atoms with E-state index in [4.69, 9.17) is 10.6 Å². The number of para-hydroxylation sites is 1. The van der Waals surface area contributed by atoms with Crippen molar-refractivity contribution in [2.75, 3.05) is 11.2 Å². The lowest BCUT2D eigenvalue weighted by Gasteiger charge is -2.27. The molecular formula is C19H26N4O2. The molecule has 2 aromatic rings. The number of aromatic nitrogens is 2. The second-order valence-electron chi connectivity index (χ2n) is 8.13. The van der Waals surface area contributed by atoms with Crippen LogP contribution in [0.25, 0.3) is 5.69 Å². The van der Waals surface area contributed by atoms with Gasteiger partial charge in [0.1, 0.15) is 11.3 Å². The Morgan fingerprint density at radius 3 is 2.72 bits per heavy atom. The summed E-state index contributed by atoms with van der Waals surface area (Å²) in [7, 11) is 0. The highest BCUT2D eigenvalue weighted by Crippen LogP contribution is 2.70. The maximum Gasteiger partial charge on any atom is 0.296 e. The minimum Gasteiger partial charge on any atom is -0.391 e. The van der Waals surface area contributed by atoms with E-state index in [1.54, 1.807) is 0 Å². The molecule has 1 aromatic heterocycles. The van der Waals surface area contributed by atoms with Gasteiger partial charge in [-0.2, -0.15) is 0 Å². The summed E-state index contributed by atoms with van der Waals surface area (Å²) in [5.74, 6) is 1.61. The monoisotopic (exact) mass is 342 g/mol. The van der Waals surface area contributed by atoms with Crippen LogP contribution in [-0.4, -0.2) is 15.4 Å². The van der Waals surface area contributed by atoms with Gasteiger partial charge in [0.05, 0.1) is 5.69 Å². The van der Waals surface area contributed by atoms with E-state index in [-0.39, 0.29) is 22.3 Å². The van der Waals surface area contributed by atoms with Gasteiger partial charge in [-0.15, -0.1) is 0 Å². The molecule has 0 spiro atoms. The minimum atomic E-state index is -0.279. The number of hydrogen-bond acceptors (Lipinski definition) is 4. The molecule has 1 heterocycles. The van der Waals surface area contributed by atoms with Gasteiger partial charge in [0, 0.05) is 5.41 Å². The lowest BCUT2D eigenvalue weighted by atomic mass is 9.88. The molecule has 4 N–H and O–H groups in total.